The fraction of sp³-hybridized carbons (Fsp3) is 0.121. The number of carbonyl (C=O) groups excluding carboxylic acids is 3. The number of rotatable bonds is 11. The third-order valence-corrected chi connectivity index (χ3v) is 7.34. The third kappa shape index (κ3) is 8.94. The van der Waals surface area contributed by atoms with Crippen LogP contribution in [0.2, 0.25) is 0 Å². The highest BCUT2D eigenvalue weighted by Gasteiger charge is 2.42. The van der Waals surface area contributed by atoms with E-state index in [-0.39, 0.29) is 11.4 Å². The lowest BCUT2D eigenvalue weighted by atomic mass is 10.1. The number of amides is 3. The number of carbonyl (C=O) groups is 3. The average molecular weight is 692 g/mol. The highest BCUT2D eigenvalue weighted by molar-refractivity contribution is 8.00. The number of thioether (sulfide) groups is 1. The Morgan fingerprint density at radius 1 is 0.792 bits per heavy atom. The van der Waals surface area contributed by atoms with Crippen molar-refractivity contribution >= 4 is 46.9 Å². The Labute approximate surface area is 273 Å². The van der Waals surface area contributed by atoms with Crippen LogP contribution in [0.3, 0.4) is 0 Å². The molecule has 0 aliphatic carbocycles. The predicted molar refractivity (Wildman–Crippen MR) is 165 cm³/mol. The van der Waals surface area contributed by atoms with Gasteiger partial charge in [-0.3, -0.25) is 14.4 Å². The molecule has 0 aromatic heterocycles. The Morgan fingerprint density at radius 2 is 1.40 bits per heavy atom. The lowest BCUT2D eigenvalue weighted by Gasteiger charge is -2.14. The molecule has 0 bridgehead atoms. The van der Waals surface area contributed by atoms with Gasteiger partial charge in [0.1, 0.15) is 22.7 Å². The van der Waals surface area contributed by atoms with Gasteiger partial charge in [-0.05, 0) is 67.1 Å². The summed E-state index contributed by atoms with van der Waals surface area (Å²) in [5.41, 5.74) is -3.36. The Kier molecular flexibility index (Phi) is 11.5. The molecule has 0 saturated carbocycles. The van der Waals surface area contributed by atoms with E-state index in [1.54, 1.807) is 59.9 Å². The third-order valence-electron chi connectivity index (χ3n) is 6.32. The summed E-state index contributed by atoms with van der Waals surface area (Å²) < 4.78 is 99.8. The molecule has 3 amide bonds. The summed E-state index contributed by atoms with van der Waals surface area (Å²) in [5.74, 6) is -12.5. The first-order valence-electron chi connectivity index (χ1n) is 13.9. The Bertz CT molecular complexity index is 1800. The van der Waals surface area contributed by atoms with Crippen LogP contribution in [0.5, 0.6) is 5.75 Å². The van der Waals surface area contributed by atoms with Crippen LogP contribution in [0.4, 0.5) is 42.1 Å². The molecule has 3 N–H and O–H groups in total. The lowest BCUT2D eigenvalue weighted by molar-refractivity contribution is -0.143. The molecule has 4 aromatic rings. The number of nitrogens with one attached hydrogen (secondary N) is 3. The number of halogens is 7. The topological polar surface area (TPSA) is 96.5 Å². The van der Waals surface area contributed by atoms with Gasteiger partial charge in [0.2, 0.25) is 5.91 Å². The SMILES string of the molecule is CCOc1ccc(/C=C(\NC(=O)c2ccccc2)C(=O)Nc2ccc(SCC(=O)Nc3c(F)c(F)c(C(F)(F)F)c(F)c3F)cc2)cc1. The number of benzene rings is 4. The number of hydrogen-bond acceptors (Lipinski definition) is 5. The van der Waals surface area contributed by atoms with Crippen LogP contribution >= 0.6 is 11.8 Å². The predicted octanol–water partition coefficient (Wildman–Crippen LogP) is 7.80. The minimum absolute atomic E-state index is 0.0845. The van der Waals surface area contributed by atoms with Crippen LogP contribution in [-0.2, 0) is 15.8 Å². The molecule has 0 radical (unpaired) electrons. The van der Waals surface area contributed by atoms with Crippen LogP contribution in [-0.4, -0.2) is 30.1 Å². The van der Waals surface area contributed by atoms with Crippen molar-refractivity contribution in [2.75, 3.05) is 23.0 Å². The quantitative estimate of drug-likeness (QED) is 0.0646. The summed E-state index contributed by atoms with van der Waals surface area (Å²) >= 11 is 0.806. The van der Waals surface area contributed by atoms with E-state index in [4.69, 9.17) is 4.74 Å². The van der Waals surface area contributed by atoms with Crippen molar-refractivity contribution < 1.29 is 49.9 Å². The van der Waals surface area contributed by atoms with E-state index in [1.807, 2.05) is 6.92 Å². The highest BCUT2D eigenvalue weighted by Crippen LogP contribution is 2.38. The second kappa shape index (κ2) is 15.5. The van der Waals surface area contributed by atoms with Crippen molar-refractivity contribution in [2.45, 2.75) is 18.0 Å². The molecule has 250 valence electrons. The maximum absolute atomic E-state index is 14.1. The first kappa shape index (κ1) is 35.5. The van der Waals surface area contributed by atoms with Crippen LogP contribution in [0.1, 0.15) is 28.4 Å². The Hall–Kier alpha value is -5.31. The molecular weight excluding hydrogens is 667 g/mol. The minimum Gasteiger partial charge on any atom is -0.494 e. The first-order valence-corrected chi connectivity index (χ1v) is 14.8. The van der Waals surface area contributed by atoms with Crippen molar-refractivity contribution in [3.05, 3.63) is 125 Å². The van der Waals surface area contributed by atoms with Gasteiger partial charge in [-0.1, -0.05) is 30.3 Å². The van der Waals surface area contributed by atoms with Gasteiger partial charge in [0, 0.05) is 16.1 Å². The summed E-state index contributed by atoms with van der Waals surface area (Å²) in [6.07, 6.45) is -4.25. The first-order chi connectivity index (χ1) is 22.8. The van der Waals surface area contributed by atoms with Gasteiger partial charge < -0.3 is 20.7 Å². The van der Waals surface area contributed by atoms with E-state index in [0.717, 1.165) is 11.8 Å². The normalized spacial score (nSPS) is 11.5. The van der Waals surface area contributed by atoms with Gasteiger partial charge in [0.15, 0.2) is 23.3 Å². The van der Waals surface area contributed by atoms with Crippen molar-refractivity contribution in [3.63, 3.8) is 0 Å². The fourth-order valence-electron chi connectivity index (χ4n) is 4.08. The summed E-state index contributed by atoms with van der Waals surface area (Å²) in [6, 6.07) is 20.8. The molecule has 7 nitrogen and oxygen atoms in total. The molecule has 0 aliphatic heterocycles. The fourth-order valence-corrected chi connectivity index (χ4v) is 4.78. The van der Waals surface area contributed by atoms with Crippen molar-refractivity contribution in [3.8, 4) is 5.75 Å². The molecule has 4 rings (SSSR count). The van der Waals surface area contributed by atoms with E-state index in [9.17, 15) is 45.1 Å². The number of anilines is 2. The largest absolute Gasteiger partial charge is 0.494 e. The van der Waals surface area contributed by atoms with Crippen molar-refractivity contribution in [2.24, 2.45) is 0 Å². The smallest absolute Gasteiger partial charge is 0.422 e. The van der Waals surface area contributed by atoms with Crippen molar-refractivity contribution in [1.29, 1.82) is 0 Å². The molecule has 0 spiro atoms. The van der Waals surface area contributed by atoms with Crippen LogP contribution in [0.25, 0.3) is 6.08 Å². The van der Waals surface area contributed by atoms with Crippen molar-refractivity contribution in [1.82, 2.24) is 5.32 Å². The Balaban J connectivity index is 1.43. The maximum Gasteiger partial charge on any atom is 0.422 e. The zero-order valence-corrected chi connectivity index (χ0v) is 25.5. The molecule has 0 heterocycles. The van der Waals surface area contributed by atoms with E-state index >= 15 is 0 Å². The molecular formula is C33H24F7N3O4S. The Morgan fingerprint density at radius 3 is 1.96 bits per heavy atom. The minimum atomic E-state index is -5.72. The lowest BCUT2D eigenvalue weighted by Crippen LogP contribution is -2.30. The van der Waals surface area contributed by atoms with E-state index < -0.39 is 64.2 Å². The van der Waals surface area contributed by atoms with E-state index in [2.05, 4.69) is 10.6 Å². The second-order valence-corrected chi connectivity index (χ2v) is 10.7. The molecule has 0 aliphatic rings. The summed E-state index contributed by atoms with van der Waals surface area (Å²) in [7, 11) is 0. The molecule has 0 saturated heterocycles. The van der Waals surface area contributed by atoms with Crippen LogP contribution in [0.15, 0.2) is 89.5 Å². The number of hydrogen-bond donors (Lipinski definition) is 3. The second-order valence-electron chi connectivity index (χ2n) is 9.70. The number of ether oxygens (including phenoxy) is 1. The van der Waals surface area contributed by atoms with E-state index in [0.29, 0.717) is 28.4 Å². The van der Waals surface area contributed by atoms with Gasteiger partial charge in [-0.15, -0.1) is 11.8 Å². The summed E-state index contributed by atoms with van der Waals surface area (Å²) in [6.45, 7) is 2.30. The molecule has 0 atom stereocenters. The van der Waals surface area contributed by atoms with Gasteiger partial charge in [0.05, 0.1) is 12.4 Å². The zero-order chi connectivity index (χ0) is 35.0. The molecule has 0 fully saturated rings. The van der Waals surface area contributed by atoms with Gasteiger partial charge in [-0.2, -0.15) is 13.2 Å². The zero-order valence-electron chi connectivity index (χ0n) is 24.7. The van der Waals surface area contributed by atoms with Gasteiger partial charge in [0.25, 0.3) is 11.8 Å². The standard InChI is InChI=1S/C33H24F7N3O4S/c1-2-47-21-12-8-18(9-13-21)16-23(42-31(45)19-6-4-3-5-7-19)32(46)41-20-10-14-22(15-11-20)48-17-24(44)43-30-28(36)26(34)25(33(38,39)40)27(35)29(30)37/h3-16H,2,17H2,1H3,(H,41,46)(H,42,45)(H,43,44)/b23-16-. The van der Waals surface area contributed by atoms with E-state index in [1.165, 1.54) is 30.3 Å². The maximum atomic E-state index is 14.1. The highest BCUT2D eigenvalue weighted by atomic mass is 32.2. The van der Waals surface area contributed by atoms with Crippen LogP contribution < -0.4 is 20.7 Å². The summed E-state index contributed by atoms with van der Waals surface area (Å²) in [4.78, 5) is 38.7. The van der Waals surface area contributed by atoms with Gasteiger partial charge >= 0.3 is 6.18 Å². The monoisotopic (exact) mass is 691 g/mol. The molecule has 0 unspecified atom stereocenters. The summed E-state index contributed by atoms with van der Waals surface area (Å²) in [5, 5.41) is 6.80. The molecule has 48 heavy (non-hydrogen) atoms. The number of alkyl halides is 3. The van der Waals surface area contributed by atoms with Crippen LogP contribution in [0, 0.1) is 23.3 Å². The molecule has 4 aromatic carbocycles. The van der Waals surface area contributed by atoms with Gasteiger partial charge in [-0.25, -0.2) is 17.6 Å². The molecule has 15 heteroatoms. The average Bonchev–Trinajstić information content (AvgIpc) is 3.06.